The molecular weight excluding hydrogens is 200 g/mol. The van der Waals surface area contributed by atoms with Crippen molar-refractivity contribution in [2.75, 3.05) is 13.2 Å². The molecule has 2 nitrogen and oxygen atoms in total. The molecular formula is C14H22O2. The minimum atomic E-state index is -0.141. The van der Waals surface area contributed by atoms with Crippen LogP contribution in [0.4, 0.5) is 0 Å². The number of hydrogen-bond donors (Lipinski definition) is 0. The first-order valence-electron chi connectivity index (χ1n) is 5.44. The number of ether oxygens (including phenoxy) is 2. The zero-order valence-corrected chi connectivity index (χ0v) is 11.2. The van der Waals surface area contributed by atoms with E-state index in [2.05, 4.69) is 23.7 Å². The Morgan fingerprint density at radius 2 is 1.00 bits per heavy atom. The summed E-state index contributed by atoms with van der Waals surface area (Å²) in [5.74, 6) is 11.1. The molecule has 0 aromatic carbocycles. The van der Waals surface area contributed by atoms with Gasteiger partial charge in [0.1, 0.15) is 13.2 Å². The molecule has 2 heteroatoms. The van der Waals surface area contributed by atoms with Crippen molar-refractivity contribution in [3.63, 3.8) is 0 Å². The van der Waals surface area contributed by atoms with Crippen LogP contribution >= 0.6 is 0 Å². The van der Waals surface area contributed by atoms with Crippen LogP contribution in [0.5, 0.6) is 0 Å². The molecule has 0 amide bonds. The predicted octanol–water partition coefficient (Wildman–Crippen LogP) is 2.62. The Morgan fingerprint density at radius 3 is 1.25 bits per heavy atom. The maximum atomic E-state index is 5.42. The fourth-order valence-corrected chi connectivity index (χ4v) is 0.666. The SMILES string of the molecule is CC(C)(C)OCC#CC#CCOC(C)(C)C. The van der Waals surface area contributed by atoms with E-state index in [-0.39, 0.29) is 11.2 Å². The van der Waals surface area contributed by atoms with Gasteiger partial charge in [0.25, 0.3) is 0 Å². The molecule has 0 aliphatic rings. The van der Waals surface area contributed by atoms with Crippen molar-refractivity contribution in [3.05, 3.63) is 0 Å². The quantitative estimate of drug-likeness (QED) is 0.669. The first kappa shape index (κ1) is 15.0. The summed E-state index contributed by atoms with van der Waals surface area (Å²) >= 11 is 0. The Morgan fingerprint density at radius 1 is 0.688 bits per heavy atom. The first-order chi connectivity index (χ1) is 7.21. The zero-order valence-electron chi connectivity index (χ0n) is 11.2. The van der Waals surface area contributed by atoms with Gasteiger partial charge in [-0.05, 0) is 53.4 Å². The van der Waals surface area contributed by atoms with Crippen LogP contribution in [0.2, 0.25) is 0 Å². The van der Waals surface area contributed by atoms with Gasteiger partial charge in [-0.2, -0.15) is 0 Å². The third kappa shape index (κ3) is 13.0. The lowest BCUT2D eigenvalue weighted by Gasteiger charge is -2.16. The number of rotatable bonds is 2. The molecule has 0 saturated heterocycles. The van der Waals surface area contributed by atoms with E-state index in [1.807, 2.05) is 41.5 Å². The van der Waals surface area contributed by atoms with Gasteiger partial charge in [-0.1, -0.05) is 11.8 Å². The lowest BCUT2D eigenvalue weighted by Crippen LogP contribution is -2.19. The maximum absolute atomic E-state index is 5.42. The fraction of sp³-hybridized carbons (Fsp3) is 0.714. The van der Waals surface area contributed by atoms with Gasteiger partial charge in [0.05, 0.1) is 11.2 Å². The van der Waals surface area contributed by atoms with Crippen LogP contribution in [0, 0.1) is 23.7 Å². The molecule has 0 aliphatic heterocycles. The van der Waals surface area contributed by atoms with Crippen molar-refractivity contribution < 1.29 is 9.47 Å². The van der Waals surface area contributed by atoms with E-state index in [1.165, 1.54) is 0 Å². The molecule has 0 atom stereocenters. The van der Waals surface area contributed by atoms with Gasteiger partial charge in [0, 0.05) is 0 Å². The third-order valence-corrected chi connectivity index (χ3v) is 1.39. The molecule has 90 valence electrons. The normalized spacial score (nSPS) is 11.1. The van der Waals surface area contributed by atoms with E-state index in [0.29, 0.717) is 13.2 Å². The van der Waals surface area contributed by atoms with Crippen LogP contribution < -0.4 is 0 Å². The van der Waals surface area contributed by atoms with E-state index in [0.717, 1.165) is 0 Å². The monoisotopic (exact) mass is 222 g/mol. The van der Waals surface area contributed by atoms with E-state index < -0.39 is 0 Å². The highest BCUT2D eigenvalue weighted by Gasteiger charge is 2.08. The second kappa shape index (κ2) is 6.59. The molecule has 0 N–H and O–H groups in total. The second-order valence-electron chi connectivity index (χ2n) is 5.41. The summed E-state index contributed by atoms with van der Waals surface area (Å²) in [6.45, 7) is 12.8. The van der Waals surface area contributed by atoms with Crippen LogP contribution in [-0.2, 0) is 9.47 Å². The molecule has 0 fully saturated rings. The minimum absolute atomic E-state index is 0.141. The minimum Gasteiger partial charge on any atom is -0.363 e. The van der Waals surface area contributed by atoms with Crippen LogP contribution in [-0.4, -0.2) is 24.4 Å². The molecule has 16 heavy (non-hydrogen) atoms. The van der Waals surface area contributed by atoms with Gasteiger partial charge in [-0.3, -0.25) is 0 Å². The van der Waals surface area contributed by atoms with Crippen LogP contribution in [0.1, 0.15) is 41.5 Å². The Balaban J connectivity index is 3.73. The maximum Gasteiger partial charge on any atom is 0.109 e. The summed E-state index contributed by atoms with van der Waals surface area (Å²) in [5.41, 5.74) is -0.283. The van der Waals surface area contributed by atoms with Gasteiger partial charge in [0.2, 0.25) is 0 Å². The van der Waals surface area contributed by atoms with Crippen molar-refractivity contribution >= 4 is 0 Å². The Kier molecular flexibility index (Phi) is 6.19. The average Bonchev–Trinajstić information content (AvgIpc) is 2.06. The lowest BCUT2D eigenvalue weighted by atomic mass is 10.2. The molecule has 0 heterocycles. The first-order valence-corrected chi connectivity index (χ1v) is 5.44. The zero-order chi connectivity index (χ0) is 12.7. The predicted molar refractivity (Wildman–Crippen MR) is 67.0 cm³/mol. The molecule has 0 aromatic rings. The standard InChI is InChI=1S/C14H22O2/c1-13(2,3)15-11-9-7-8-10-12-16-14(4,5)6/h11-12H2,1-6H3. The Labute approximate surface area is 99.7 Å². The van der Waals surface area contributed by atoms with Crippen molar-refractivity contribution in [3.8, 4) is 23.7 Å². The van der Waals surface area contributed by atoms with Gasteiger partial charge in [-0.15, -0.1) is 0 Å². The van der Waals surface area contributed by atoms with Crippen molar-refractivity contribution in [1.29, 1.82) is 0 Å². The molecule has 0 bridgehead atoms. The highest BCUT2D eigenvalue weighted by Crippen LogP contribution is 2.05. The van der Waals surface area contributed by atoms with E-state index >= 15 is 0 Å². The van der Waals surface area contributed by atoms with E-state index in [1.54, 1.807) is 0 Å². The Bertz CT molecular complexity index is 273. The highest BCUT2D eigenvalue weighted by molar-refractivity contribution is 5.26. The van der Waals surface area contributed by atoms with Crippen molar-refractivity contribution in [2.45, 2.75) is 52.7 Å². The smallest absolute Gasteiger partial charge is 0.109 e. The summed E-state index contributed by atoms with van der Waals surface area (Å²) in [6, 6.07) is 0. The molecule has 0 rings (SSSR count). The summed E-state index contributed by atoms with van der Waals surface area (Å²) in [7, 11) is 0. The topological polar surface area (TPSA) is 18.5 Å². The van der Waals surface area contributed by atoms with Gasteiger partial charge in [0.15, 0.2) is 0 Å². The van der Waals surface area contributed by atoms with E-state index in [9.17, 15) is 0 Å². The van der Waals surface area contributed by atoms with Gasteiger partial charge < -0.3 is 9.47 Å². The average molecular weight is 222 g/mol. The van der Waals surface area contributed by atoms with Crippen molar-refractivity contribution in [2.24, 2.45) is 0 Å². The van der Waals surface area contributed by atoms with Crippen LogP contribution in [0.25, 0.3) is 0 Å². The second-order valence-corrected chi connectivity index (χ2v) is 5.41. The van der Waals surface area contributed by atoms with E-state index in [4.69, 9.17) is 9.47 Å². The summed E-state index contributed by atoms with van der Waals surface area (Å²) in [4.78, 5) is 0. The molecule has 0 aromatic heterocycles. The Hall–Kier alpha value is -0.960. The molecule has 0 saturated carbocycles. The summed E-state index contributed by atoms with van der Waals surface area (Å²) < 4.78 is 10.8. The number of hydrogen-bond acceptors (Lipinski definition) is 2. The fourth-order valence-electron chi connectivity index (χ4n) is 0.666. The largest absolute Gasteiger partial charge is 0.363 e. The van der Waals surface area contributed by atoms with Crippen molar-refractivity contribution in [1.82, 2.24) is 0 Å². The van der Waals surface area contributed by atoms with Gasteiger partial charge >= 0.3 is 0 Å². The van der Waals surface area contributed by atoms with Crippen LogP contribution in [0.3, 0.4) is 0 Å². The third-order valence-electron chi connectivity index (χ3n) is 1.39. The van der Waals surface area contributed by atoms with Gasteiger partial charge in [-0.25, -0.2) is 0 Å². The lowest BCUT2D eigenvalue weighted by molar-refractivity contribution is 0.0176. The molecule has 0 radical (unpaired) electrons. The summed E-state index contributed by atoms with van der Waals surface area (Å²) in [6.07, 6.45) is 0. The van der Waals surface area contributed by atoms with Crippen LogP contribution in [0.15, 0.2) is 0 Å². The highest BCUT2D eigenvalue weighted by atomic mass is 16.5. The summed E-state index contributed by atoms with van der Waals surface area (Å²) in [5, 5.41) is 0. The molecule has 0 aliphatic carbocycles. The molecule has 0 spiro atoms. The molecule has 0 unspecified atom stereocenters.